The third-order valence-corrected chi connectivity index (χ3v) is 9.68. The second-order valence-electron chi connectivity index (χ2n) is 12.4. The van der Waals surface area contributed by atoms with Crippen molar-refractivity contribution in [3.05, 3.63) is 58.6 Å². The molecule has 1 aromatic carbocycles. The van der Waals surface area contributed by atoms with Crippen LogP contribution in [0.1, 0.15) is 66.2 Å². The van der Waals surface area contributed by atoms with E-state index in [1.165, 1.54) is 24.0 Å². The molecule has 0 aliphatic carbocycles. The van der Waals surface area contributed by atoms with E-state index in [9.17, 15) is 27.6 Å². The highest BCUT2D eigenvalue weighted by molar-refractivity contribution is 5.91. The lowest BCUT2D eigenvalue weighted by atomic mass is 9.92. The van der Waals surface area contributed by atoms with Gasteiger partial charge in [0.2, 0.25) is 0 Å². The van der Waals surface area contributed by atoms with E-state index in [0.717, 1.165) is 38.8 Å². The number of aryl methyl sites for hydroxylation is 1. The first kappa shape index (κ1) is 31.2. The fraction of sp³-hybridized carbons (Fsp3) is 0.562. The smallest absolute Gasteiger partial charge is 0.417 e. The lowest BCUT2D eigenvalue weighted by Crippen LogP contribution is -2.55. The molecular formula is C32H36F4N6O3. The van der Waals surface area contributed by atoms with Crippen LogP contribution in [0.3, 0.4) is 0 Å². The van der Waals surface area contributed by atoms with Gasteiger partial charge in [-0.2, -0.15) is 28.4 Å². The molecule has 0 bridgehead atoms. The SMILES string of the molecule is C=C(F)C(=O)N1CCN(c2nc(OCC34CCCN3CCC4)nc3c2CO[C@H](c2cccc(C)c2C(F)(F)F)C3)C[C@@H]1CC#N. The third kappa shape index (κ3) is 5.97. The van der Waals surface area contributed by atoms with E-state index >= 15 is 0 Å². The molecule has 13 heteroatoms. The fourth-order valence-corrected chi connectivity index (χ4v) is 7.51. The molecule has 4 aliphatic rings. The largest absolute Gasteiger partial charge is 0.461 e. The number of piperazine rings is 1. The molecule has 0 radical (unpaired) electrons. The van der Waals surface area contributed by atoms with Gasteiger partial charge in [0.15, 0.2) is 5.83 Å². The van der Waals surface area contributed by atoms with Gasteiger partial charge in [0.25, 0.3) is 5.91 Å². The van der Waals surface area contributed by atoms with Crippen LogP contribution in [-0.4, -0.2) is 76.6 Å². The third-order valence-electron chi connectivity index (χ3n) is 9.68. The number of halogens is 4. The number of carbonyl (C=O) groups excluding carboxylic acids is 1. The minimum absolute atomic E-state index is 0.0311. The Balaban J connectivity index is 1.34. The molecule has 9 nitrogen and oxygen atoms in total. The van der Waals surface area contributed by atoms with Gasteiger partial charge in [-0.1, -0.05) is 24.8 Å². The molecule has 0 N–H and O–H groups in total. The van der Waals surface area contributed by atoms with Gasteiger partial charge in [0, 0.05) is 31.6 Å². The number of hydrogen-bond donors (Lipinski definition) is 0. The van der Waals surface area contributed by atoms with E-state index in [0.29, 0.717) is 23.7 Å². The number of carbonyl (C=O) groups is 1. The molecule has 2 atom stereocenters. The zero-order valence-corrected chi connectivity index (χ0v) is 25.2. The lowest BCUT2D eigenvalue weighted by Gasteiger charge is -2.42. The summed E-state index contributed by atoms with van der Waals surface area (Å²) in [6.07, 6.45) is -1.19. The van der Waals surface area contributed by atoms with Gasteiger partial charge < -0.3 is 19.3 Å². The Labute approximate surface area is 259 Å². The van der Waals surface area contributed by atoms with E-state index in [4.69, 9.17) is 19.4 Å². The van der Waals surface area contributed by atoms with E-state index in [1.54, 1.807) is 6.07 Å². The molecule has 45 heavy (non-hydrogen) atoms. The highest BCUT2D eigenvalue weighted by Crippen LogP contribution is 2.43. The number of nitrogens with zero attached hydrogens (tertiary/aromatic N) is 6. The first-order valence-electron chi connectivity index (χ1n) is 15.3. The van der Waals surface area contributed by atoms with Crippen LogP contribution in [0.5, 0.6) is 6.01 Å². The standard InChI is InChI=1S/C32H36F4N6O3/c1-20-6-3-7-23(27(20)32(34,35)36)26-16-25-24(18-44-26)28(40-14-15-42(29(43)21(2)33)22(17-40)8-11-37)39-30(38-25)45-19-31-9-4-12-41(31)13-5-10-31/h3,6-7,22,26H,2,4-5,8-10,12-19H2,1H3/t22-,26-/m0/s1. The van der Waals surface area contributed by atoms with Crippen LogP contribution in [0.4, 0.5) is 23.4 Å². The molecule has 0 saturated carbocycles. The van der Waals surface area contributed by atoms with Crippen molar-refractivity contribution in [2.45, 2.75) is 75.9 Å². The Morgan fingerprint density at radius 1 is 1.20 bits per heavy atom. The maximum absolute atomic E-state index is 14.1. The zero-order valence-electron chi connectivity index (χ0n) is 25.2. The highest BCUT2D eigenvalue weighted by atomic mass is 19.4. The van der Waals surface area contributed by atoms with Gasteiger partial charge in [-0.05, 0) is 56.8 Å². The summed E-state index contributed by atoms with van der Waals surface area (Å²) in [5.41, 5.74) is 0.528. The van der Waals surface area contributed by atoms with E-state index in [1.807, 2.05) is 4.90 Å². The van der Waals surface area contributed by atoms with Crippen LogP contribution in [0.2, 0.25) is 0 Å². The number of nitriles is 1. The molecular weight excluding hydrogens is 592 g/mol. The number of benzene rings is 1. The average molecular weight is 629 g/mol. The van der Waals surface area contributed by atoms with Crippen LogP contribution >= 0.6 is 0 Å². The number of aromatic nitrogens is 2. The van der Waals surface area contributed by atoms with Gasteiger partial charge in [-0.25, -0.2) is 4.39 Å². The van der Waals surface area contributed by atoms with Crippen molar-refractivity contribution in [3.8, 4) is 12.1 Å². The van der Waals surface area contributed by atoms with Crippen LogP contribution in [0, 0.1) is 18.3 Å². The zero-order chi connectivity index (χ0) is 31.9. The summed E-state index contributed by atoms with van der Waals surface area (Å²) in [4.78, 5) is 27.7. The first-order chi connectivity index (χ1) is 21.5. The van der Waals surface area contributed by atoms with Crippen molar-refractivity contribution < 1.29 is 31.8 Å². The Morgan fingerprint density at radius 2 is 1.96 bits per heavy atom. The molecule has 0 spiro atoms. The van der Waals surface area contributed by atoms with Crippen molar-refractivity contribution >= 4 is 11.7 Å². The Kier molecular flexibility index (Phi) is 8.47. The molecule has 240 valence electrons. The van der Waals surface area contributed by atoms with Gasteiger partial charge in [0.1, 0.15) is 12.4 Å². The van der Waals surface area contributed by atoms with Gasteiger partial charge in [0.05, 0.1) is 48.0 Å². The highest BCUT2D eigenvalue weighted by Gasteiger charge is 2.45. The number of fused-ring (bicyclic) bond motifs is 2. The van der Waals surface area contributed by atoms with E-state index in [2.05, 4.69) is 17.5 Å². The number of ether oxygens (including phenoxy) is 2. The Bertz CT molecular complexity index is 1520. The summed E-state index contributed by atoms with van der Waals surface area (Å²) in [5, 5.41) is 9.46. The van der Waals surface area contributed by atoms with Crippen molar-refractivity contribution in [2.75, 3.05) is 44.2 Å². The number of rotatable bonds is 7. The van der Waals surface area contributed by atoms with Crippen molar-refractivity contribution in [2.24, 2.45) is 0 Å². The normalized spacial score (nSPS) is 22.9. The summed E-state index contributed by atoms with van der Waals surface area (Å²) in [7, 11) is 0. The molecule has 5 heterocycles. The van der Waals surface area contributed by atoms with Gasteiger partial charge >= 0.3 is 12.2 Å². The van der Waals surface area contributed by atoms with Crippen LogP contribution in [0.15, 0.2) is 30.6 Å². The monoisotopic (exact) mass is 628 g/mol. The van der Waals surface area contributed by atoms with Gasteiger partial charge in [-0.3, -0.25) is 9.69 Å². The first-order valence-corrected chi connectivity index (χ1v) is 15.3. The predicted octanol–water partition coefficient (Wildman–Crippen LogP) is 5.04. The summed E-state index contributed by atoms with van der Waals surface area (Å²) in [6.45, 7) is 7.55. The fourth-order valence-electron chi connectivity index (χ4n) is 7.51. The minimum atomic E-state index is -4.55. The summed E-state index contributed by atoms with van der Waals surface area (Å²) < 4.78 is 68.6. The van der Waals surface area contributed by atoms with Crippen LogP contribution in [0.25, 0.3) is 0 Å². The molecule has 3 saturated heterocycles. The Morgan fingerprint density at radius 3 is 2.64 bits per heavy atom. The molecule has 3 fully saturated rings. The van der Waals surface area contributed by atoms with Crippen LogP contribution in [-0.2, 0) is 28.7 Å². The molecule has 1 aromatic heterocycles. The maximum atomic E-state index is 14.1. The summed E-state index contributed by atoms with van der Waals surface area (Å²) in [5.74, 6) is -1.47. The average Bonchev–Trinajstić information content (AvgIpc) is 3.59. The molecule has 0 unspecified atom stereocenters. The Hall–Kier alpha value is -3.76. The predicted molar refractivity (Wildman–Crippen MR) is 156 cm³/mol. The van der Waals surface area contributed by atoms with E-state index < -0.39 is 35.6 Å². The van der Waals surface area contributed by atoms with Crippen molar-refractivity contribution in [3.63, 3.8) is 0 Å². The summed E-state index contributed by atoms with van der Waals surface area (Å²) in [6, 6.07) is 6.05. The van der Waals surface area contributed by atoms with E-state index in [-0.39, 0.29) is 61.8 Å². The molecule has 4 aliphatic heterocycles. The van der Waals surface area contributed by atoms with Crippen molar-refractivity contribution in [1.29, 1.82) is 5.26 Å². The summed E-state index contributed by atoms with van der Waals surface area (Å²) >= 11 is 0. The second-order valence-corrected chi connectivity index (χ2v) is 12.4. The minimum Gasteiger partial charge on any atom is -0.461 e. The molecule has 6 rings (SSSR count). The quantitative estimate of drug-likeness (QED) is 0.311. The number of anilines is 1. The van der Waals surface area contributed by atoms with Crippen LogP contribution < -0.4 is 9.64 Å². The molecule has 2 aromatic rings. The van der Waals surface area contributed by atoms with Crippen molar-refractivity contribution in [1.82, 2.24) is 19.8 Å². The topological polar surface area (TPSA) is 94.8 Å². The lowest BCUT2D eigenvalue weighted by molar-refractivity contribution is -0.140. The number of hydrogen-bond acceptors (Lipinski definition) is 8. The number of alkyl halides is 3. The second kappa shape index (κ2) is 12.2. The van der Waals surface area contributed by atoms with Gasteiger partial charge in [-0.15, -0.1) is 0 Å². The number of amides is 1. The maximum Gasteiger partial charge on any atom is 0.417 e. The molecule has 1 amide bonds.